The second-order valence-corrected chi connectivity index (χ2v) is 6.61. The Morgan fingerprint density at radius 3 is 2.19 bits per heavy atom. The van der Waals surface area contributed by atoms with Gasteiger partial charge in [-0.15, -0.1) is 0 Å². The Morgan fingerprint density at radius 1 is 1.19 bits per heavy atom. The number of rotatable bonds is 2. The number of hydrogen-bond donors (Lipinski definition) is 0. The van der Waals surface area contributed by atoms with Crippen molar-refractivity contribution >= 4 is 15.5 Å². The molecule has 1 aliphatic rings. The fourth-order valence-electron chi connectivity index (χ4n) is 1.95. The average molecular weight is 312 g/mol. The van der Waals surface area contributed by atoms with Crippen LogP contribution in [0, 0.1) is 11.6 Å². The van der Waals surface area contributed by atoms with E-state index in [1.165, 1.54) is 11.1 Å². The normalized spacial score (nSPS) is 17.3. The monoisotopic (exact) mass is 312 g/mol. The van der Waals surface area contributed by atoms with Gasteiger partial charge in [-0.25, -0.2) is 17.2 Å². The molecule has 0 saturated heterocycles. The molecule has 4 nitrogen and oxygen atoms in total. The van der Waals surface area contributed by atoms with Crippen LogP contribution in [0.15, 0.2) is 46.1 Å². The summed E-state index contributed by atoms with van der Waals surface area (Å²) in [5.41, 5.74) is 0.533. The quantitative estimate of drug-likeness (QED) is 0.843. The Kier molecular flexibility index (Phi) is 3.95. The largest absolute Gasteiger partial charge is 0.268 e. The van der Waals surface area contributed by atoms with Gasteiger partial charge >= 0.3 is 0 Å². The molecule has 7 heteroatoms. The average Bonchev–Trinajstić information content (AvgIpc) is 2.37. The zero-order valence-electron chi connectivity index (χ0n) is 11.8. The number of halogens is 2. The summed E-state index contributed by atoms with van der Waals surface area (Å²) in [6.45, 7) is 1.82. The fraction of sp³-hybridized carbons (Fsp3) is 0.214. The number of hydrazone groups is 1. The molecule has 1 heterocycles. The van der Waals surface area contributed by atoms with Gasteiger partial charge in [0.05, 0.1) is 21.9 Å². The molecular formula is C14H14F2N2O2S. The van der Waals surface area contributed by atoms with Crippen molar-refractivity contribution in [2.45, 2.75) is 11.8 Å². The van der Waals surface area contributed by atoms with E-state index in [0.717, 1.165) is 24.1 Å². The van der Waals surface area contributed by atoms with Crippen molar-refractivity contribution in [3.8, 4) is 0 Å². The second kappa shape index (κ2) is 5.40. The molecule has 0 N–H and O–H groups in total. The summed E-state index contributed by atoms with van der Waals surface area (Å²) in [5.74, 6) is -1.92. The van der Waals surface area contributed by atoms with Crippen LogP contribution in [0.2, 0.25) is 0 Å². The topological polar surface area (TPSA) is 49.7 Å². The van der Waals surface area contributed by atoms with Crippen molar-refractivity contribution in [2.75, 3.05) is 13.3 Å². The van der Waals surface area contributed by atoms with E-state index in [0.29, 0.717) is 0 Å². The number of allylic oxidation sites excluding steroid dienone is 3. The molecule has 0 aliphatic carbocycles. The summed E-state index contributed by atoms with van der Waals surface area (Å²) >= 11 is 0. The van der Waals surface area contributed by atoms with Crippen LogP contribution in [-0.2, 0) is 9.84 Å². The molecule has 0 amide bonds. The maximum absolute atomic E-state index is 14.1. The van der Waals surface area contributed by atoms with Crippen molar-refractivity contribution in [3.05, 3.63) is 53.3 Å². The van der Waals surface area contributed by atoms with Crippen LogP contribution in [0.1, 0.15) is 12.5 Å². The molecule has 0 aromatic heterocycles. The maximum atomic E-state index is 14.1. The molecule has 0 atom stereocenters. The standard InChI is InChI=1S/C14H14F2N2O2S/c1-4-9-5-6-13(17-18(9)2)14-11(15)7-10(8-12(14)16)21(3,19)20/h4-8H,1-3H3. The SMILES string of the molecule is CC=C1C=CC(c2c(F)cc(S(C)(=O)=O)cc2F)=NN1C. The highest BCUT2D eigenvalue weighted by molar-refractivity contribution is 7.90. The molecule has 21 heavy (non-hydrogen) atoms. The first-order valence-electron chi connectivity index (χ1n) is 6.10. The van der Waals surface area contributed by atoms with Gasteiger partial charge in [0.15, 0.2) is 9.84 Å². The molecule has 1 aromatic carbocycles. The first kappa shape index (κ1) is 15.4. The molecule has 1 aromatic rings. The maximum Gasteiger partial charge on any atom is 0.175 e. The molecule has 1 aliphatic heterocycles. The van der Waals surface area contributed by atoms with Crippen LogP contribution in [0.5, 0.6) is 0 Å². The Labute approximate surface area is 122 Å². The van der Waals surface area contributed by atoms with E-state index >= 15 is 0 Å². The lowest BCUT2D eigenvalue weighted by atomic mass is 10.1. The van der Waals surface area contributed by atoms with Crippen LogP contribution in [-0.4, -0.2) is 32.4 Å². The van der Waals surface area contributed by atoms with Crippen LogP contribution in [0.4, 0.5) is 8.78 Å². The lowest BCUT2D eigenvalue weighted by Gasteiger charge is -2.20. The number of sulfone groups is 1. The zero-order chi connectivity index (χ0) is 15.8. The molecule has 2 rings (SSSR count). The molecule has 0 bridgehead atoms. The highest BCUT2D eigenvalue weighted by Crippen LogP contribution is 2.22. The fourth-order valence-corrected chi connectivity index (χ4v) is 2.58. The zero-order valence-corrected chi connectivity index (χ0v) is 12.6. The molecule has 0 radical (unpaired) electrons. The van der Waals surface area contributed by atoms with Crippen molar-refractivity contribution in [2.24, 2.45) is 5.10 Å². The van der Waals surface area contributed by atoms with E-state index in [2.05, 4.69) is 5.10 Å². The van der Waals surface area contributed by atoms with Crippen LogP contribution >= 0.6 is 0 Å². The summed E-state index contributed by atoms with van der Waals surface area (Å²) in [4.78, 5) is -0.399. The number of hydrogen-bond acceptors (Lipinski definition) is 4. The molecule has 0 spiro atoms. The van der Waals surface area contributed by atoms with Gasteiger partial charge in [-0.3, -0.25) is 5.01 Å². The summed E-state index contributed by atoms with van der Waals surface area (Å²) < 4.78 is 50.9. The third kappa shape index (κ3) is 3.02. The van der Waals surface area contributed by atoms with E-state index in [4.69, 9.17) is 0 Å². The third-order valence-corrected chi connectivity index (χ3v) is 4.13. The minimum absolute atomic E-state index is 0.0955. The number of nitrogens with zero attached hydrogens (tertiary/aromatic N) is 2. The minimum atomic E-state index is -3.68. The summed E-state index contributed by atoms with van der Waals surface area (Å²) in [7, 11) is -2.02. The van der Waals surface area contributed by atoms with Crippen molar-refractivity contribution < 1.29 is 17.2 Å². The predicted octanol–water partition coefficient (Wildman–Crippen LogP) is 2.48. The van der Waals surface area contributed by atoms with Gasteiger partial charge in [-0.05, 0) is 31.2 Å². The summed E-state index contributed by atoms with van der Waals surface area (Å²) in [6.07, 6.45) is 5.85. The van der Waals surface area contributed by atoms with Gasteiger partial charge in [0.2, 0.25) is 0 Å². The highest BCUT2D eigenvalue weighted by atomic mass is 32.2. The van der Waals surface area contributed by atoms with E-state index in [9.17, 15) is 17.2 Å². The second-order valence-electron chi connectivity index (χ2n) is 4.59. The van der Waals surface area contributed by atoms with E-state index < -0.39 is 26.4 Å². The number of likely N-dealkylation sites (N-methyl/N-ethyl adjacent to an activating group) is 1. The minimum Gasteiger partial charge on any atom is -0.268 e. The molecule has 0 fully saturated rings. The summed E-state index contributed by atoms with van der Waals surface area (Å²) in [6, 6.07) is 1.60. The van der Waals surface area contributed by atoms with Crippen LogP contribution in [0.25, 0.3) is 0 Å². The Hall–Kier alpha value is -2.02. The van der Waals surface area contributed by atoms with E-state index in [1.54, 1.807) is 19.2 Å². The Bertz CT molecular complexity index is 757. The molecular weight excluding hydrogens is 298 g/mol. The first-order valence-corrected chi connectivity index (χ1v) is 7.99. The Morgan fingerprint density at radius 2 is 1.76 bits per heavy atom. The van der Waals surface area contributed by atoms with Crippen LogP contribution < -0.4 is 0 Å². The van der Waals surface area contributed by atoms with Crippen molar-refractivity contribution in [1.82, 2.24) is 5.01 Å². The molecule has 0 saturated carbocycles. The third-order valence-electron chi connectivity index (χ3n) is 3.04. The smallest absolute Gasteiger partial charge is 0.175 e. The Balaban J connectivity index is 2.55. The van der Waals surface area contributed by atoms with Crippen molar-refractivity contribution in [3.63, 3.8) is 0 Å². The van der Waals surface area contributed by atoms with E-state index in [1.807, 2.05) is 6.92 Å². The predicted molar refractivity (Wildman–Crippen MR) is 76.7 cm³/mol. The van der Waals surface area contributed by atoms with Gasteiger partial charge in [-0.1, -0.05) is 6.08 Å². The lowest BCUT2D eigenvalue weighted by Crippen LogP contribution is -2.19. The van der Waals surface area contributed by atoms with Gasteiger partial charge in [-0.2, -0.15) is 5.10 Å². The van der Waals surface area contributed by atoms with E-state index in [-0.39, 0.29) is 11.3 Å². The summed E-state index contributed by atoms with van der Waals surface area (Å²) in [5, 5.41) is 5.57. The van der Waals surface area contributed by atoms with Gasteiger partial charge in [0, 0.05) is 13.3 Å². The molecule has 0 unspecified atom stereocenters. The highest BCUT2D eigenvalue weighted by Gasteiger charge is 2.21. The van der Waals surface area contributed by atoms with Gasteiger partial charge in [0.1, 0.15) is 11.6 Å². The van der Waals surface area contributed by atoms with Crippen molar-refractivity contribution in [1.29, 1.82) is 0 Å². The lowest BCUT2D eigenvalue weighted by molar-refractivity contribution is 0.456. The molecule has 112 valence electrons. The number of benzene rings is 1. The van der Waals surface area contributed by atoms with Gasteiger partial charge < -0.3 is 0 Å². The van der Waals surface area contributed by atoms with Gasteiger partial charge in [0.25, 0.3) is 0 Å². The van der Waals surface area contributed by atoms with Crippen LogP contribution in [0.3, 0.4) is 0 Å². The first-order chi connectivity index (χ1) is 9.74.